The van der Waals surface area contributed by atoms with Crippen LogP contribution in [0.25, 0.3) is 11.0 Å². The largest absolute Gasteiger partial charge is 0.353 e. The average Bonchev–Trinajstić information content (AvgIpc) is 3.62. The second-order valence-corrected chi connectivity index (χ2v) is 12.0. The van der Waals surface area contributed by atoms with Crippen molar-refractivity contribution in [1.82, 2.24) is 19.4 Å². The van der Waals surface area contributed by atoms with E-state index in [0.29, 0.717) is 38.5 Å². The molecule has 0 aromatic carbocycles. The lowest BCUT2D eigenvalue weighted by Gasteiger charge is -2.40. The number of amides is 1. The normalized spacial score (nSPS) is 26.8. The van der Waals surface area contributed by atoms with Crippen LogP contribution < -0.4 is 16.6 Å². The molecule has 1 aliphatic heterocycles. The zero-order valence-corrected chi connectivity index (χ0v) is 19.1. The number of fused-ring (bicyclic) bond motifs is 1. The first-order valence-corrected chi connectivity index (χ1v) is 13.5. The third kappa shape index (κ3) is 4.45. The van der Waals surface area contributed by atoms with E-state index in [9.17, 15) is 27.9 Å². The molecule has 3 heterocycles. The highest BCUT2D eigenvalue weighted by Gasteiger charge is 2.34. The summed E-state index contributed by atoms with van der Waals surface area (Å²) in [5.74, 6) is -0.0707. The smallest absolute Gasteiger partial charge is 0.333 e. The molecule has 2 aromatic rings. The molecular formula is C22H29FN4O5S. The molecule has 3 N–H and O–H groups in total. The van der Waals surface area contributed by atoms with Crippen molar-refractivity contribution in [2.75, 3.05) is 11.5 Å². The van der Waals surface area contributed by atoms with Gasteiger partial charge in [-0.25, -0.2) is 14.2 Å². The molecule has 0 bridgehead atoms. The number of rotatable bonds is 4. The molecule has 3 aliphatic rings. The first kappa shape index (κ1) is 22.5. The van der Waals surface area contributed by atoms with Crippen molar-refractivity contribution < 1.29 is 18.3 Å². The monoisotopic (exact) mass is 480 g/mol. The first-order chi connectivity index (χ1) is 15.7. The highest BCUT2D eigenvalue weighted by atomic mass is 32.3. The highest BCUT2D eigenvalue weighted by molar-refractivity contribution is 8.24. The molecule has 1 saturated heterocycles. The number of hydrogen-bond donors (Lipinski definition) is 3. The van der Waals surface area contributed by atoms with Crippen LogP contribution in [0.15, 0.2) is 21.9 Å². The Morgan fingerprint density at radius 2 is 1.64 bits per heavy atom. The summed E-state index contributed by atoms with van der Waals surface area (Å²) in [5.41, 5.74) is -0.902. The predicted octanol–water partition coefficient (Wildman–Crippen LogP) is 2.79. The van der Waals surface area contributed by atoms with E-state index in [1.54, 1.807) is 0 Å². The van der Waals surface area contributed by atoms with Gasteiger partial charge >= 0.3 is 5.69 Å². The Hall–Kier alpha value is -2.24. The molecule has 2 aliphatic carbocycles. The van der Waals surface area contributed by atoms with E-state index in [1.165, 1.54) is 9.13 Å². The van der Waals surface area contributed by atoms with E-state index in [0.717, 1.165) is 25.1 Å². The Balaban J connectivity index is 1.48. The Morgan fingerprint density at radius 3 is 2.27 bits per heavy atom. The third-order valence-electron chi connectivity index (χ3n) is 7.20. The van der Waals surface area contributed by atoms with Crippen LogP contribution in [0.2, 0.25) is 0 Å². The van der Waals surface area contributed by atoms with Crippen molar-refractivity contribution in [2.45, 2.75) is 69.5 Å². The van der Waals surface area contributed by atoms with Gasteiger partial charge in [0, 0.05) is 35.5 Å². The maximum absolute atomic E-state index is 14.0. The fourth-order valence-electron chi connectivity index (χ4n) is 5.15. The van der Waals surface area contributed by atoms with Gasteiger partial charge in [-0.2, -0.15) is 10.6 Å². The van der Waals surface area contributed by atoms with Crippen molar-refractivity contribution >= 4 is 27.5 Å². The first-order valence-electron chi connectivity index (χ1n) is 11.6. The van der Waals surface area contributed by atoms with Crippen molar-refractivity contribution in [2.24, 2.45) is 5.92 Å². The quantitative estimate of drug-likeness (QED) is 0.618. The van der Waals surface area contributed by atoms with Crippen LogP contribution >= 0.6 is 10.6 Å². The number of nitrogens with one attached hydrogen (secondary N) is 1. The van der Waals surface area contributed by atoms with Crippen LogP contribution in [0.3, 0.4) is 0 Å². The van der Waals surface area contributed by atoms with Crippen LogP contribution in [-0.2, 0) is 4.79 Å². The van der Waals surface area contributed by atoms with Gasteiger partial charge in [-0.3, -0.25) is 27.8 Å². The van der Waals surface area contributed by atoms with Crippen LogP contribution in [-0.4, -0.2) is 46.7 Å². The number of carbonyl (C=O) groups excluding carboxylic acids is 1. The molecule has 11 heteroatoms. The maximum Gasteiger partial charge on any atom is 0.333 e. The molecule has 180 valence electrons. The van der Waals surface area contributed by atoms with Crippen molar-refractivity contribution in [3.8, 4) is 0 Å². The van der Waals surface area contributed by atoms with E-state index in [4.69, 9.17) is 0 Å². The number of nitrogens with zero attached hydrogens (tertiary/aromatic N) is 3. The highest BCUT2D eigenvalue weighted by Crippen LogP contribution is 2.47. The van der Waals surface area contributed by atoms with Gasteiger partial charge in [0.25, 0.3) is 5.56 Å². The van der Waals surface area contributed by atoms with Gasteiger partial charge in [0.05, 0.1) is 11.6 Å². The molecule has 0 spiro atoms. The Kier molecular flexibility index (Phi) is 5.82. The second kappa shape index (κ2) is 8.52. The summed E-state index contributed by atoms with van der Waals surface area (Å²) in [5, 5.41) is 3.13. The van der Waals surface area contributed by atoms with E-state index >= 15 is 0 Å². The lowest BCUT2D eigenvalue weighted by Crippen LogP contribution is -2.47. The standard InChI is InChI=1S/C22H29FN4O5S/c23-14-11-18-19(24-12-14)26(17-7-9-33(31,32)10-8-17)22(30)27(21(18)29)16-5-3-15(4-6-16)25-20(28)13-1-2-13/h11-13,15-17,31-32H,1-10H2,(H,25,28)/t15-,16+. The number of aromatic nitrogens is 3. The van der Waals surface area contributed by atoms with Crippen LogP contribution in [0, 0.1) is 11.7 Å². The summed E-state index contributed by atoms with van der Waals surface area (Å²) < 4.78 is 36.7. The van der Waals surface area contributed by atoms with E-state index < -0.39 is 27.7 Å². The molecule has 9 nitrogen and oxygen atoms in total. The molecule has 5 rings (SSSR count). The SMILES string of the molecule is O=C(N[C@H]1CC[C@@H](n2c(=O)c3cc(F)cnc3n(C3CCS(O)(O)CC3)c2=O)CC1)C1CC1. The fraction of sp³-hybridized carbons (Fsp3) is 0.636. The number of halogens is 1. The van der Waals surface area contributed by atoms with Gasteiger partial charge in [-0.1, -0.05) is 0 Å². The lowest BCUT2D eigenvalue weighted by molar-refractivity contribution is -0.123. The summed E-state index contributed by atoms with van der Waals surface area (Å²) in [6, 6.07) is 0.464. The number of hydrogen-bond acceptors (Lipinski definition) is 6. The summed E-state index contributed by atoms with van der Waals surface area (Å²) in [6.45, 7) is 0. The third-order valence-corrected chi connectivity index (χ3v) is 8.98. The van der Waals surface area contributed by atoms with Gasteiger partial charge in [0.1, 0.15) is 11.5 Å². The molecule has 2 aromatic heterocycles. The van der Waals surface area contributed by atoms with Crippen LogP contribution in [0.1, 0.15) is 63.5 Å². The van der Waals surface area contributed by atoms with Gasteiger partial charge < -0.3 is 5.32 Å². The van der Waals surface area contributed by atoms with Crippen molar-refractivity contribution in [3.05, 3.63) is 38.9 Å². The van der Waals surface area contributed by atoms with Crippen LogP contribution in [0.5, 0.6) is 0 Å². The molecule has 0 atom stereocenters. The van der Waals surface area contributed by atoms with E-state index in [1.807, 2.05) is 0 Å². The summed E-state index contributed by atoms with van der Waals surface area (Å²) >= 11 is 0. The van der Waals surface area contributed by atoms with Crippen LogP contribution in [0.4, 0.5) is 4.39 Å². The Labute approximate surface area is 191 Å². The van der Waals surface area contributed by atoms with Gasteiger partial charge in [-0.15, -0.1) is 0 Å². The van der Waals surface area contributed by atoms with Gasteiger partial charge in [0.15, 0.2) is 0 Å². The van der Waals surface area contributed by atoms with Gasteiger partial charge in [-0.05, 0) is 57.4 Å². The predicted molar refractivity (Wildman–Crippen MR) is 123 cm³/mol. The summed E-state index contributed by atoms with van der Waals surface area (Å²) in [6.07, 6.45) is 6.06. The second-order valence-electron chi connectivity index (χ2n) is 9.58. The molecule has 0 radical (unpaired) electrons. The maximum atomic E-state index is 14.0. The molecule has 0 unspecified atom stereocenters. The topological polar surface area (TPSA) is 126 Å². The molecule has 33 heavy (non-hydrogen) atoms. The average molecular weight is 481 g/mol. The minimum atomic E-state index is -2.65. The summed E-state index contributed by atoms with van der Waals surface area (Å²) in [7, 11) is -2.65. The molecular weight excluding hydrogens is 451 g/mol. The van der Waals surface area contributed by atoms with Gasteiger partial charge in [0.2, 0.25) is 5.91 Å². The number of carbonyl (C=O) groups is 1. The zero-order valence-electron chi connectivity index (χ0n) is 18.3. The van der Waals surface area contributed by atoms with Crippen molar-refractivity contribution in [1.29, 1.82) is 0 Å². The fourth-order valence-corrected chi connectivity index (χ4v) is 6.66. The lowest BCUT2D eigenvalue weighted by atomic mass is 9.90. The number of pyridine rings is 1. The zero-order chi connectivity index (χ0) is 23.3. The summed E-state index contributed by atoms with van der Waals surface area (Å²) in [4.78, 5) is 43.1. The minimum Gasteiger partial charge on any atom is -0.353 e. The van der Waals surface area contributed by atoms with E-state index in [-0.39, 0.29) is 52.5 Å². The Morgan fingerprint density at radius 1 is 1.00 bits per heavy atom. The molecule has 2 saturated carbocycles. The Bertz CT molecular complexity index is 1190. The molecule has 3 fully saturated rings. The van der Waals surface area contributed by atoms with E-state index in [2.05, 4.69) is 10.3 Å². The minimum absolute atomic E-state index is 0.0374. The van der Waals surface area contributed by atoms with Crippen molar-refractivity contribution in [3.63, 3.8) is 0 Å². The molecule has 1 amide bonds.